The molecule has 1 saturated carbocycles. The van der Waals surface area contributed by atoms with Crippen molar-refractivity contribution in [3.8, 4) is 0 Å². The zero-order valence-corrected chi connectivity index (χ0v) is 11.9. The average molecular weight is 261 g/mol. The van der Waals surface area contributed by atoms with Crippen molar-refractivity contribution in [1.29, 1.82) is 0 Å². The summed E-state index contributed by atoms with van der Waals surface area (Å²) in [4.78, 5) is 14.3. The molecule has 0 aliphatic heterocycles. The summed E-state index contributed by atoms with van der Waals surface area (Å²) in [6, 6.07) is 5.67. The number of benzene rings is 1. The van der Waals surface area contributed by atoms with E-state index < -0.39 is 0 Å². The molecule has 3 N–H and O–H groups in total. The van der Waals surface area contributed by atoms with Gasteiger partial charge in [-0.05, 0) is 37.5 Å². The third-order valence-corrected chi connectivity index (χ3v) is 3.51. The quantitative estimate of drug-likeness (QED) is 0.799. The number of rotatable bonds is 5. The van der Waals surface area contributed by atoms with Crippen molar-refractivity contribution in [2.75, 3.05) is 24.7 Å². The number of nitrogens with zero attached hydrogens (tertiary/aromatic N) is 1. The first-order valence-electron chi connectivity index (χ1n) is 6.85. The molecule has 1 fully saturated rings. The van der Waals surface area contributed by atoms with E-state index in [0.717, 1.165) is 18.0 Å². The van der Waals surface area contributed by atoms with Crippen LogP contribution in [0.15, 0.2) is 18.2 Å². The van der Waals surface area contributed by atoms with E-state index >= 15 is 0 Å². The molecule has 4 heteroatoms. The maximum atomic E-state index is 12.3. The van der Waals surface area contributed by atoms with Gasteiger partial charge in [-0.15, -0.1) is 0 Å². The van der Waals surface area contributed by atoms with Gasteiger partial charge in [0, 0.05) is 31.5 Å². The smallest absolute Gasteiger partial charge is 0.253 e. The summed E-state index contributed by atoms with van der Waals surface area (Å²) >= 11 is 0. The molecule has 1 atom stereocenters. The third-order valence-electron chi connectivity index (χ3n) is 3.51. The standard InChI is InChI=1S/C15H23N3O/c1-10(8-11-4-5-11)17-15(19)13-9-12(16)6-7-14(13)18(2)3/h6-7,9-11H,4-5,8,16H2,1-3H3,(H,17,19). The fraction of sp³-hybridized carbons (Fsp3) is 0.533. The normalized spacial score (nSPS) is 15.9. The van der Waals surface area contributed by atoms with Crippen molar-refractivity contribution >= 4 is 17.3 Å². The van der Waals surface area contributed by atoms with E-state index in [1.165, 1.54) is 12.8 Å². The molecule has 1 aliphatic carbocycles. The first-order valence-corrected chi connectivity index (χ1v) is 6.85. The number of nitrogens with one attached hydrogen (secondary N) is 1. The van der Waals surface area contributed by atoms with E-state index in [1.807, 2.05) is 31.1 Å². The predicted molar refractivity (Wildman–Crippen MR) is 79.5 cm³/mol. The highest BCUT2D eigenvalue weighted by Gasteiger charge is 2.25. The van der Waals surface area contributed by atoms with Crippen LogP contribution in [-0.4, -0.2) is 26.0 Å². The Bertz CT molecular complexity index is 466. The van der Waals surface area contributed by atoms with Crippen molar-refractivity contribution in [3.63, 3.8) is 0 Å². The Kier molecular flexibility index (Phi) is 3.98. The van der Waals surface area contributed by atoms with E-state index in [9.17, 15) is 4.79 Å². The van der Waals surface area contributed by atoms with Crippen LogP contribution in [-0.2, 0) is 0 Å². The zero-order chi connectivity index (χ0) is 14.0. The molecule has 0 radical (unpaired) electrons. The lowest BCUT2D eigenvalue weighted by Gasteiger charge is -2.19. The van der Waals surface area contributed by atoms with Crippen molar-refractivity contribution in [3.05, 3.63) is 23.8 Å². The number of carbonyl (C=O) groups is 1. The molecule has 0 heterocycles. The van der Waals surface area contributed by atoms with Crippen LogP contribution in [0.4, 0.5) is 11.4 Å². The summed E-state index contributed by atoms with van der Waals surface area (Å²) in [5, 5.41) is 3.07. The molecule has 2 rings (SSSR count). The Morgan fingerprint density at radius 3 is 2.74 bits per heavy atom. The second-order valence-electron chi connectivity index (χ2n) is 5.72. The van der Waals surface area contributed by atoms with Gasteiger partial charge < -0.3 is 16.0 Å². The van der Waals surface area contributed by atoms with Crippen LogP contribution < -0.4 is 16.0 Å². The Morgan fingerprint density at radius 2 is 2.16 bits per heavy atom. The van der Waals surface area contributed by atoms with Crippen molar-refractivity contribution in [2.45, 2.75) is 32.2 Å². The number of anilines is 2. The molecular weight excluding hydrogens is 238 g/mol. The minimum absolute atomic E-state index is 0.0378. The van der Waals surface area contributed by atoms with Gasteiger partial charge in [-0.25, -0.2) is 0 Å². The topological polar surface area (TPSA) is 58.4 Å². The summed E-state index contributed by atoms with van der Waals surface area (Å²) < 4.78 is 0. The monoisotopic (exact) mass is 261 g/mol. The third kappa shape index (κ3) is 3.63. The molecular formula is C15H23N3O. The number of nitrogen functional groups attached to an aromatic ring is 1. The molecule has 4 nitrogen and oxygen atoms in total. The summed E-state index contributed by atoms with van der Waals surface area (Å²) in [5.74, 6) is 0.772. The zero-order valence-electron chi connectivity index (χ0n) is 11.9. The predicted octanol–water partition coefficient (Wildman–Crippen LogP) is 2.25. The second kappa shape index (κ2) is 5.51. The molecule has 0 aromatic heterocycles. The molecule has 1 unspecified atom stereocenters. The van der Waals surface area contributed by atoms with E-state index in [-0.39, 0.29) is 11.9 Å². The second-order valence-corrected chi connectivity index (χ2v) is 5.72. The maximum absolute atomic E-state index is 12.3. The lowest BCUT2D eigenvalue weighted by atomic mass is 10.1. The van der Waals surface area contributed by atoms with Gasteiger partial charge in [0.05, 0.1) is 5.56 Å². The molecule has 0 bridgehead atoms. The number of nitrogens with two attached hydrogens (primary N) is 1. The van der Waals surface area contributed by atoms with Crippen LogP contribution in [0.2, 0.25) is 0 Å². The maximum Gasteiger partial charge on any atom is 0.253 e. The lowest BCUT2D eigenvalue weighted by Crippen LogP contribution is -2.33. The van der Waals surface area contributed by atoms with Crippen LogP contribution in [0.3, 0.4) is 0 Å². The molecule has 1 aromatic carbocycles. The van der Waals surface area contributed by atoms with Crippen LogP contribution in [0.25, 0.3) is 0 Å². The molecule has 0 spiro atoms. The molecule has 1 aliphatic rings. The van der Waals surface area contributed by atoms with Gasteiger partial charge in [-0.2, -0.15) is 0 Å². The first-order chi connectivity index (χ1) is 8.97. The Hall–Kier alpha value is -1.71. The number of hydrogen-bond donors (Lipinski definition) is 2. The molecule has 104 valence electrons. The van der Waals surface area contributed by atoms with E-state index in [2.05, 4.69) is 12.2 Å². The lowest BCUT2D eigenvalue weighted by molar-refractivity contribution is 0.0938. The van der Waals surface area contributed by atoms with Gasteiger partial charge in [0.2, 0.25) is 0 Å². The van der Waals surface area contributed by atoms with Gasteiger partial charge in [0.1, 0.15) is 0 Å². The summed E-state index contributed by atoms with van der Waals surface area (Å²) in [6.07, 6.45) is 3.69. The van der Waals surface area contributed by atoms with Crippen LogP contribution in [0, 0.1) is 5.92 Å². The average Bonchev–Trinajstić information content (AvgIpc) is 3.12. The van der Waals surface area contributed by atoms with E-state index in [4.69, 9.17) is 5.73 Å². The van der Waals surface area contributed by atoms with Gasteiger partial charge in [-0.3, -0.25) is 4.79 Å². The number of amides is 1. The van der Waals surface area contributed by atoms with Crippen LogP contribution in [0.5, 0.6) is 0 Å². The molecule has 19 heavy (non-hydrogen) atoms. The van der Waals surface area contributed by atoms with Gasteiger partial charge in [0.25, 0.3) is 5.91 Å². The van der Waals surface area contributed by atoms with Crippen molar-refractivity contribution in [2.24, 2.45) is 5.92 Å². The van der Waals surface area contributed by atoms with Gasteiger partial charge in [0.15, 0.2) is 0 Å². The largest absolute Gasteiger partial charge is 0.399 e. The van der Waals surface area contributed by atoms with Crippen LogP contribution in [0.1, 0.15) is 36.5 Å². The fourth-order valence-electron chi connectivity index (χ4n) is 2.34. The number of hydrogen-bond acceptors (Lipinski definition) is 3. The Labute approximate surface area is 115 Å². The highest BCUT2D eigenvalue weighted by Crippen LogP contribution is 2.33. The first kappa shape index (κ1) is 13.7. The molecule has 1 aromatic rings. The number of carbonyl (C=O) groups excluding carboxylic acids is 1. The minimum atomic E-state index is -0.0378. The van der Waals surface area contributed by atoms with Crippen molar-refractivity contribution in [1.82, 2.24) is 5.32 Å². The van der Waals surface area contributed by atoms with Gasteiger partial charge in [-0.1, -0.05) is 12.8 Å². The fourth-order valence-corrected chi connectivity index (χ4v) is 2.34. The summed E-state index contributed by atoms with van der Waals surface area (Å²) in [6.45, 7) is 2.07. The van der Waals surface area contributed by atoms with Gasteiger partial charge >= 0.3 is 0 Å². The Balaban J connectivity index is 2.10. The van der Waals surface area contributed by atoms with Crippen LogP contribution >= 0.6 is 0 Å². The minimum Gasteiger partial charge on any atom is -0.399 e. The van der Waals surface area contributed by atoms with E-state index in [1.54, 1.807) is 6.07 Å². The highest BCUT2D eigenvalue weighted by molar-refractivity contribution is 6.00. The SMILES string of the molecule is CC(CC1CC1)NC(=O)c1cc(N)ccc1N(C)C. The summed E-state index contributed by atoms with van der Waals surface area (Å²) in [7, 11) is 3.85. The Morgan fingerprint density at radius 1 is 1.47 bits per heavy atom. The van der Waals surface area contributed by atoms with Crippen molar-refractivity contribution < 1.29 is 4.79 Å². The molecule has 0 saturated heterocycles. The van der Waals surface area contributed by atoms with E-state index in [0.29, 0.717) is 11.3 Å². The molecule has 1 amide bonds. The summed E-state index contributed by atoms with van der Waals surface area (Å²) in [5.41, 5.74) is 7.94. The highest BCUT2D eigenvalue weighted by atomic mass is 16.1.